The maximum atomic E-state index is 14.0. The van der Waals surface area contributed by atoms with Crippen molar-refractivity contribution in [3.05, 3.63) is 99.8 Å². The van der Waals surface area contributed by atoms with Gasteiger partial charge in [0.15, 0.2) is 5.82 Å². The Morgan fingerprint density at radius 1 is 1.11 bits per heavy atom. The number of para-hydroxylation sites is 1. The lowest BCUT2D eigenvalue weighted by molar-refractivity contribution is 0.297. The summed E-state index contributed by atoms with van der Waals surface area (Å²) in [4.78, 5) is 18.2. The lowest BCUT2D eigenvalue weighted by atomic mass is 10.1. The van der Waals surface area contributed by atoms with E-state index < -0.39 is 27.4 Å². The second-order valence-electron chi connectivity index (χ2n) is 8.39. The van der Waals surface area contributed by atoms with Crippen LogP contribution in [0.25, 0.3) is 10.9 Å². The van der Waals surface area contributed by atoms with Crippen molar-refractivity contribution >= 4 is 38.2 Å². The molecule has 11 heteroatoms. The molecule has 3 aromatic carbocycles. The molecule has 0 amide bonds. The van der Waals surface area contributed by atoms with Crippen molar-refractivity contribution in [3.8, 4) is 0 Å². The topological polar surface area (TPSA) is 110 Å². The summed E-state index contributed by atoms with van der Waals surface area (Å²) in [6.07, 6.45) is 0.620. The minimum absolute atomic E-state index is 0.0443. The molecule has 0 unspecified atom stereocenters. The van der Waals surface area contributed by atoms with Gasteiger partial charge in [-0.3, -0.25) is 10.2 Å². The summed E-state index contributed by atoms with van der Waals surface area (Å²) in [6.45, 7) is 2.08. The molecule has 1 atom stereocenters. The maximum absolute atomic E-state index is 14.0. The lowest BCUT2D eigenvalue weighted by Gasteiger charge is -2.31. The van der Waals surface area contributed by atoms with Crippen molar-refractivity contribution in [2.24, 2.45) is 5.73 Å². The van der Waals surface area contributed by atoms with Crippen LogP contribution in [0.2, 0.25) is 5.02 Å². The summed E-state index contributed by atoms with van der Waals surface area (Å²) in [7, 11) is -4.19. The number of nitrogens with two attached hydrogens (primary N) is 1. The van der Waals surface area contributed by atoms with Gasteiger partial charge in [-0.2, -0.15) is 4.31 Å². The molecule has 8 nitrogen and oxygen atoms in total. The smallest absolute Gasteiger partial charge is 0.280 e. The molecule has 194 valence electrons. The summed E-state index contributed by atoms with van der Waals surface area (Å²) >= 11 is 6.18. The minimum atomic E-state index is -4.19. The molecule has 0 saturated heterocycles. The molecule has 0 aliphatic carbocycles. The second kappa shape index (κ2) is 11.4. The Bertz CT molecular complexity index is 1560. The quantitative estimate of drug-likeness (QED) is 0.303. The highest BCUT2D eigenvalue weighted by Gasteiger charge is 2.34. The molecule has 0 fully saturated rings. The Morgan fingerprint density at radius 2 is 1.86 bits per heavy atom. The fourth-order valence-corrected chi connectivity index (χ4v) is 6.01. The molecule has 4 rings (SSSR count). The fraction of sp³-hybridized carbons (Fsp3) is 0.231. The molecular formula is C26H27ClFN5O3S. The van der Waals surface area contributed by atoms with Gasteiger partial charge in [-0.25, -0.2) is 22.5 Å². The van der Waals surface area contributed by atoms with E-state index in [9.17, 15) is 17.6 Å². The van der Waals surface area contributed by atoms with Crippen molar-refractivity contribution in [2.45, 2.75) is 30.7 Å². The van der Waals surface area contributed by atoms with E-state index in [1.54, 1.807) is 49.4 Å². The number of benzene rings is 3. The molecule has 37 heavy (non-hydrogen) atoms. The van der Waals surface area contributed by atoms with Gasteiger partial charge in [0, 0.05) is 11.6 Å². The van der Waals surface area contributed by atoms with Gasteiger partial charge in [0.05, 0.1) is 27.5 Å². The summed E-state index contributed by atoms with van der Waals surface area (Å²) in [5.41, 5.74) is 9.33. The third-order valence-corrected chi connectivity index (χ3v) is 8.03. The molecule has 0 saturated carbocycles. The van der Waals surface area contributed by atoms with Crippen molar-refractivity contribution in [2.75, 3.05) is 18.5 Å². The van der Waals surface area contributed by atoms with Crippen LogP contribution in [0.5, 0.6) is 0 Å². The van der Waals surface area contributed by atoms with Crippen LogP contribution in [0.1, 0.15) is 31.6 Å². The number of anilines is 1. The van der Waals surface area contributed by atoms with E-state index in [1.165, 1.54) is 27.2 Å². The largest absolute Gasteiger partial charge is 0.330 e. The normalized spacial score (nSPS) is 12.7. The Hall–Kier alpha value is -3.31. The van der Waals surface area contributed by atoms with Gasteiger partial charge in [0.1, 0.15) is 5.82 Å². The van der Waals surface area contributed by atoms with E-state index in [0.717, 1.165) is 6.07 Å². The molecule has 0 bridgehead atoms. The highest BCUT2D eigenvalue weighted by Crippen LogP contribution is 2.31. The summed E-state index contributed by atoms with van der Waals surface area (Å²) < 4.78 is 44.1. The number of nitrogens with one attached hydrogen (secondary N) is 1. The predicted octanol–water partition coefficient (Wildman–Crippen LogP) is 4.56. The SMILES string of the molecule is CC[C@H](c1nc2cc(Cl)ccc2c(=O)n1Nc1ccccc1)N(CCCN)S(=O)(=O)c1cccc(F)c1. The number of halogens is 2. The number of sulfonamides is 1. The van der Waals surface area contributed by atoms with Crippen LogP contribution in [0.4, 0.5) is 10.1 Å². The average molecular weight is 544 g/mol. The van der Waals surface area contributed by atoms with E-state index in [-0.39, 0.29) is 30.2 Å². The Morgan fingerprint density at radius 3 is 2.54 bits per heavy atom. The lowest BCUT2D eigenvalue weighted by Crippen LogP contribution is -2.41. The highest BCUT2D eigenvalue weighted by atomic mass is 35.5. The van der Waals surface area contributed by atoms with Crippen LogP contribution < -0.4 is 16.7 Å². The van der Waals surface area contributed by atoms with Crippen molar-refractivity contribution in [3.63, 3.8) is 0 Å². The summed E-state index contributed by atoms with van der Waals surface area (Å²) in [5.74, 6) is -0.503. The fourth-order valence-electron chi connectivity index (χ4n) is 4.12. The first-order valence-electron chi connectivity index (χ1n) is 11.8. The van der Waals surface area contributed by atoms with Gasteiger partial charge < -0.3 is 5.73 Å². The molecule has 0 radical (unpaired) electrons. The standard InChI is InChI=1S/C26H27ClFN5O3S/c1-2-24(32(15-7-14-29)37(35,36)21-11-6-8-19(28)17-21)25-30-23-16-18(27)12-13-22(23)26(34)33(25)31-20-9-4-3-5-10-20/h3-6,8-13,16-17,24,31H,2,7,14-15,29H2,1H3/t24-/m1/s1. The monoisotopic (exact) mass is 543 g/mol. The molecule has 3 N–H and O–H groups in total. The zero-order valence-electron chi connectivity index (χ0n) is 20.1. The van der Waals surface area contributed by atoms with Crippen LogP contribution in [-0.4, -0.2) is 35.5 Å². The van der Waals surface area contributed by atoms with Crippen LogP contribution in [0.15, 0.2) is 82.5 Å². The molecule has 0 spiro atoms. The van der Waals surface area contributed by atoms with Gasteiger partial charge in [-0.15, -0.1) is 0 Å². The van der Waals surface area contributed by atoms with E-state index in [0.29, 0.717) is 28.0 Å². The number of rotatable bonds is 10. The number of aromatic nitrogens is 2. The van der Waals surface area contributed by atoms with Gasteiger partial charge in [-0.05, 0) is 67.9 Å². The van der Waals surface area contributed by atoms with Crippen LogP contribution in [0, 0.1) is 5.82 Å². The Balaban J connectivity index is 1.95. The van der Waals surface area contributed by atoms with Gasteiger partial charge >= 0.3 is 0 Å². The van der Waals surface area contributed by atoms with Gasteiger partial charge in [-0.1, -0.05) is 42.8 Å². The van der Waals surface area contributed by atoms with Crippen molar-refractivity contribution in [1.82, 2.24) is 14.0 Å². The highest BCUT2D eigenvalue weighted by molar-refractivity contribution is 7.89. The molecular weight excluding hydrogens is 517 g/mol. The van der Waals surface area contributed by atoms with E-state index in [4.69, 9.17) is 22.3 Å². The van der Waals surface area contributed by atoms with E-state index in [1.807, 2.05) is 6.07 Å². The Labute approximate surface area is 219 Å². The second-order valence-corrected chi connectivity index (χ2v) is 10.7. The number of hydrogen-bond acceptors (Lipinski definition) is 6. The predicted molar refractivity (Wildman–Crippen MR) is 143 cm³/mol. The van der Waals surface area contributed by atoms with E-state index >= 15 is 0 Å². The third kappa shape index (κ3) is 5.67. The summed E-state index contributed by atoms with van der Waals surface area (Å²) in [6, 6.07) is 17.7. The number of fused-ring (bicyclic) bond motifs is 1. The number of nitrogens with zero attached hydrogens (tertiary/aromatic N) is 3. The third-order valence-electron chi connectivity index (χ3n) is 5.89. The Kier molecular flexibility index (Phi) is 8.23. The zero-order chi connectivity index (χ0) is 26.6. The zero-order valence-corrected chi connectivity index (χ0v) is 21.7. The summed E-state index contributed by atoms with van der Waals surface area (Å²) in [5, 5.41) is 0.701. The molecule has 1 aromatic heterocycles. The van der Waals surface area contributed by atoms with Crippen molar-refractivity contribution in [1.29, 1.82) is 0 Å². The van der Waals surface area contributed by atoms with Crippen molar-refractivity contribution < 1.29 is 12.8 Å². The first-order chi connectivity index (χ1) is 17.8. The van der Waals surface area contributed by atoms with Crippen LogP contribution in [-0.2, 0) is 10.0 Å². The first kappa shape index (κ1) is 26.7. The minimum Gasteiger partial charge on any atom is -0.330 e. The van der Waals surface area contributed by atoms with Crippen LogP contribution >= 0.6 is 11.6 Å². The van der Waals surface area contributed by atoms with E-state index in [2.05, 4.69) is 5.43 Å². The molecule has 0 aliphatic rings. The van der Waals surface area contributed by atoms with Crippen LogP contribution in [0.3, 0.4) is 0 Å². The molecule has 0 aliphatic heterocycles. The van der Waals surface area contributed by atoms with Gasteiger partial charge in [0.2, 0.25) is 10.0 Å². The van der Waals surface area contributed by atoms with Gasteiger partial charge in [0.25, 0.3) is 5.56 Å². The molecule has 1 heterocycles. The number of hydrogen-bond donors (Lipinski definition) is 2. The average Bonchev–Trinajstić information content (AvgIpc) is 2.88. The molecule has 4 aromatic rings. The maximum Gasteiger partial charge on any atom is 0.280 e. The first-order valence-corrected chi connectivity index (χ1v) is 13.6.